The predicted molar refractivity (Wildman–Crippen MR) is 109 cm³/mol. The van der Waals surface area contributed by atoms with Gasteiger partial charge in [-0.1, -0.05) is 23.5 Å². The summed E-state index contributed by atoms with van der Waals surface area (Å²) in [4.78, 5) is 86.5. The monoisotopic (exact) mass is 513 g/mol. The number of carbonyl (C=O) groups is 7. The lowest BCUT2D eigenvalue weighted by molar-refractivity contribution is -0.198. The first kappa shape index (κ1) is 27.5. The third-order valence-electron chi connectivity index (χ3n) is 3.54. The molecule has 1 saturated heterocycles. The van der Waals surface area contributed by atoms with Crippen LogP contribution in [0.2, 0.25) is 0 Å². The number of nitrogens with zero attached hydrogens (tertiary/aromatic N) is 1. The molecule has 14 nitrogen and oxygen atoms in total. The van der Waals surface area contributed by atoms with Gasteiger partial charge in [0.2, 0.25) is 11.8 Å². The molecule has 1 fully saturated rings. The van der Waals surface area contributed by atoms with Gasteiger partial charge in [-0.15, -0.1) is 5.06 Å². The maximum Gasteiger partial charge on any atom is 0.357 e. The van der Waals surface area contributed by atoms with Crippen molar-refractivity contribution in [3.8, 4) is 0 Å². The van der Waals surface area contributed by atoms with Crippen molar-refractivity contribution in [2.45, 2.75) is 31.6 Å². The van der Waals surface area contributed by atoms with E-state index in [-0.39, 0.29) is 21.7 Å². The van der Waals surface area contributed by atoms with Gasteiger partial charge in [-0.2, -0.15) is 8.42 Å². The Bertz CT molecular complexity index is 934. The Morgan fingerprint density at radius 2 is 1.62 bits per heavy atom. The molecule has 0 bridgehead atoms. The molecule has 1 aliphatic rings. The zero-order valence-corrected chi connectivity index (χ0v) is 19.1. The molecule has 2 atom stereocenters. The molecular weight excluding hydrogens is 494 g/mol. The van der Waals surface area contributed by atoms with Crippen LogP contribution in [0.25, 0.3) is 0 Å². The van der Waals surface area contributed by atoms with Crippen LogP contribution in [-0.2, 0) is 48.5 Å². The Morgan fingerprint density at radius 3 is 2.09 bits per heavy atom. The molecule has 0 aromatic carbocycles. The summed E-state index contributed by atoms with van der Waals surface area (Å²) in [5.74, 6) is -6.34. The Balaban J connectivity index is 2.88. The molecule has 4 amide bonds. The number of amides is 4. The van der Waals surface area contributed by atoms with Gasteiger partial charge in [-0.25, -0.2) is 4.79 Å². The van der Waals surface area contributed by atoms with Gasteiger partial charge >= 0.3 is 5.97 Å². The fourth-order valence-electron chi connectivity index (χ4n) is 2.10. The van der Waals surface area contributed by atoms with Crippen molar-refractivity contribution in [2.75, 3.05) is 18.1 Å². The second kappa shape index (κ2) is 11.9. The lowest BCUT2D eigenvalue weighted by Crippen LogP contribution is -2.52. The van der Waals surface area contributed by atoms with Crippen LogP contribution in [0, 0.1) is 0 Å². The summed E-state index contributed by atoms with van der Waals surface area (Å²) >= 11 is 1.30. The summed E-state index contributed by atoms with van der Waals surface area (Å²) in [7, 11) is -4.94. The number of nitrogens with one attached hydrogen (secondary N) is 2. The van der Waals surface area contributed by atoms with E-state index < -0.39 is 69.1 Å². The van der Waals surface area contributed by atoms with Crippen LogP contribution in [0.15, 0.2) is 0 Å². The van der Waals surface area contributed by atoms with E-state index in [4.69, 9.17) is 4.55 Å². The van der Waals surface area contributed by atoms with Crippen molar-refractivity contribution >= 4 is 73.5 Å². The Labute approximate surface area is 190 Å². The van der Waals surface area contributed by atoms with E-state index in [9.17, 15) is 42.0 Å². The van der Waals surface area contributed by atoms with Crippen molar-refractivity contribution in [3.63, 3.8) is 0 Å². The molecule has 1 rings (SSSR count). The highest BCUT2D eigenvalue weighted by Gasteiger charge is 2.48. The van der Waals surface area contributed by atoms with Gasteiger partial charge in [0.05, 0.1) is 17.9 Å². The second-order valence-corrected chi connectivity index (χ2v) is 10.0. The number of rotatable bonds is 10. The molecule has 178 valence electrons. The van der Waals surface area contributed by atoms with Crippen LogP contribution in [0.1, 0.15) is 20.3 Å². The average Bonchev–Trinajstić information content (AvgIpc) is 2.96. The minimum Gasteiger partial charge on any atom is -0.353 e. The quantitative estimate of drug-likeness (QED) is 0.206. The topological polar surface area (TPSA) is 210 Å². The van der Waals surface area contributed by atoms with Crippen LogP contribution in [-0.4, -0.2) is 87.2 Å². The summed E-state index contributed by atoms with van der Waals surface area (Å²) in [6.45, 7) is 1.85. The number of hydroxylamine groups is 2. The number of thioether (sulfide) groups is 2. The molecule has 3 N–H and O–H groups in total. The summed E-state index contributed by atoms with van der Waals surface area (Å²) < 4.78 is 31.3. The lowest BCUT2D eigenvalue weighted by Gasteiger charge is -2.20. The van der Waals surface area contributed by atoms with Gasteiger partial charge in [0.25, 0.3) is 21.9 Å². The number of carbonyl (C=O) groups excluding carboxylic acids is 7. The summed E-state index contributed by atoms with van der Waals surface area (Å²) in [5, 5.41) is 1.35. The fourth-order valence-corrected chi connectivity index (χ4v) is 3.65. The Kier molecular flexibility index (Phi) is 10.3. The maximum absolute atomic E-state index is 12.4. The molecule has 1 aliphatic heterocycles. The van der Waals surface area contributed by atoms with Crippen molar-refractivity contribution in [1.82, 2.24) is 15.7 Å². The summed E-state index contributed by atoms with van der Waals surface area (Å²) in [5.41, 5.74) is 0. The molecule has 32 heavy (non-hydrogen) atoms. The van der Waals surface area contributed by atoms with E-state index in [2.05, 4.69) is 15.5 Å². The lowest BCUT2D eigenvalue weighted by atomic mass is 10.3. The highest BCUT2D eigenvalue weighted by molar-refractivity contribution is 8.14. The van der Waals surface area contributed by atoms with Crippen molar-refractivity contribution in [3.05, 3.63) is 0 Å². The van der Waals surface area contributed by atoms with Gasteiger partial charge in [0, 0.05) is 20.4 Å². The average molecular weight is 514 g/mol. The van der Waals surface area contributed by atoms with Crippen LogP contribution in [0.4, 0.5) is 0 Å². The van der Waals surface area contributed by atoms with E-state index in [1.807, 2.05) is 0 Å². The van der Waals surface area contributed by atoms with E-state index in [1.165, 1.54) is 13.8 Å². The molecule has 1 heterocycles. The van der Waals surface area contributed by atoms with E-state index in [0.717, 1.165) is 0 Å². The Hall–Kier alpha value is -2.50. The molecule has 0 spiro atoms. The molecule has 0 aromatic rings. The normalized spacial score (nSPS) is 17.0. The van der Waals surface area contributed by atoms with E-state index in [1.54, 1.807) is 0 Å². The fraction of sp³-hybridized carbons (Fsp3) is 0.533. The first-order valence-electron chi connectivity index (χ1n) is 8.60. The van der Waals surface area contributed by atoms with Crippen LogP contribution < -0.4 is 10.6 Å². The number of hydrogen-bond acceptors (Lipinski definition) is 12. The van der Waals surface area contributed by atoms with Crippen molar-refractivity contribution < 1.29 is 51.4 Å². The minimum absolute atomic E-state index is 0.155. The standard InChI is InChI=1S/C15H19N3O11S3/c1-7(19)30-5-11(21)16-4-9(17-12(22)6-31-8(2)20)15(25)29-18-13(23)3-10(14(18)24)32(26,27)28/h9-10H,3-6H2,1-2H3,(H,16,21)(H,17,22)(H,26,27,28). The van der Waals surface area contributed by atoms with Gasteiger partial charge in [-0.05, 0) is 0 Å². The SMILES string of the molecule is CC(=O)SCC(=O)NCC(NC(=O)CSC(C)=O)C(=O)ON1C(=O)CC(S(=O)(=O)O)C1=O. The van der Waals surface area contributed by atoms with Crippen LogP contribution >= 0.6 is 23.5 Å². The summed E-state index contributed by atoms with van der Waals surface area (Å²) in [6.07, 6.45) is -0.962. The zero-order chi connectivity index (χ0) is 24.6. The number of hydrogen-bond donors (Lipinski definition) is 3. The van der Waals surface area contributed by atoms with Gasteiger partial charge in [0.1, 0.15) is 6.04 Å². The van der Waals surface area contributed by atoms with Crippen molar-refractivity contribution in [2.24, 2.45) is 0 Å². The highest BCUT2D eigenvalue weighted by Crippen LogP contribution is 2.20. The molecule has 0 radical (unpaired) electrons. The first-order chi connectivity index (χ1) is 14.7. The molecule has 0 aliphatic carbocycles. The van der Waals surface area contributed by atoms with Crippen LogP contribution in [0.5, 0.6) is 0 Å². The molecular formula is C15H19N3O11S3. The van der Waals surface area contributed by atoms with Gasteiger partial charge < -0.3 is 15.5 Å². The molecule has 2 unspecified atom stereocenters. The van der Waals surface area contributed by atoms with E-state index in [0.29, 0.717) is 23.5 Å². The van der Waals surface area contributed by atoms with Crippen LogP contribution in [0.3, 0.4) is 0 Å². The predicted octanol–water partition coefficient (Wildman–Crippen LogP) is -2.38. The highest BCUT2D eigenvalue weighted by atomic mass is 32.2. The minimum atomic E-state index is -4.94. The third kappa shape index (κ3) is 8.93. The zero-order valence-electron chi connectivity index (χ0n) is 16.7. The molecule has 17 heteroatoms. The third-order valence-corrected chi connectivity index (χ3v) is 6.25. The first-order valence-corrected chi connectivity index (χ1v) is 12.1. The summed E-state index contributed by atoms with van der Waals surface area (Å²) in [6, 6.07) is -1.65. The van der Waals surface area contributed by atoms with Gasteiger partial charge in [0.15, 0.2) is 15.5 Å². The Morgan fingerprint density at radius 1 is 1.09 bits per heavy atom. The maximum atomic E-state index is 12.4. The smallest absolute Gasteiger partial charge is 0.353 e. The van der Waals surface area contributed by atoms with Crippen molar-refractivity contribution in [1.29, 1.82) is 0 Å². The second-order valence-electron chi connectivity index (χ2n) is 6.13. The largest absolute Gasteiger partial charge is 0.357 e. The number of imide groups is 1. The van der Waals surface area contributed by atoms with E-state index >= 15 is 0 Å². The molecule has 0 aromatic heterocycles. The van der Waals surface area contributed by atoms with Gasteiger partial charge in [-0.3, -0.25) is 33.3 Å². The molecule has 0 saturated carbocycles.